The molecule has 0 saturated heterocycles. The van der Waals surface area contributed by atoms with E-state index < -0.39 is 0 Å². The molecule has 0 spiro atoms. The van der Waals surface area contributed by atoms with E-state index in [0.717, 1.165) is 0 Å². The Morgan fingerprint density at radius 3 is 1.70 bits per heavy atom. The van der Waals surface area contributed by atoms with Crippen LogP contribution in [0.1, 0.15) is 22.3 Å². The van der Waals surface area contributed by atoms with E-state index in [9.17, 15) is 0 Å². The SMILES string of the molecule is c1ccc(C2=C(c3ccccc3)c3cccc4c5ccccc5n(c34)-c3ccccc32)cc1. The number of rotatable bonds is 2. The number of fused-ring (bicyclic) bond motifs is 5. The quantitative estimate of drug-likeness (QED) is 0.267. The molecule has 154 valence electrons. The van der Waals surface area contributed by atoms with Crippen molar-refractivity contribution in [2.45, 2.75) is 0 Å². The Bertz CT molecular complexity index is 1690. The van der Waals surface area contributed by atoms with Crippen LogP contribution < -0.4 is 0 Å². The van der Waals surface area contributed by atoms with Gasteiger partial charge in [0.25, 0.3) is 0 Å². The maximum Gasteiger partial charge on any atom is 0.0620 e. The Balaban J connectivity index is 1.78. The molecule has 5 aromatic carbocycles. The molecule has 0 radical (unpaired) electrons. The fourth-order valence-electron chi connectivity index (χ4n) is 5.43. The van der Waals surface area contributed by atoms with Gasteiger partial charge in [0.1, 0.15) is 0 Å². The first kappa shape index (κ1) is 18.2. The van der Waals surface area contributed by atoms with Gasteiger partial charge in [-0.3, -0.25) is 0 Å². The summed E-state index contributed by atoms with van der Waals surface area (Å²) in [6, 6.07) is 46.0. The summed E-state index contributed by atoms with van der Waals surface area (Å²) in [6.45, 7) is 0. The summed E-state index contributed by atoms with van der Waals surface area (Å²) in [6.07, 6.45) is 0. The molecule has 0 fully saturated rings. The van der Waals surface area contributed by atoms with Crippen molar-refractivity contribution in [1.82, 2.24) is 4.57 Å². The number of hydrogen-bond donors (Lipinski definition) is 0. The molecule has 0 N–H and O–H groups in total. The first-order valence-corrected chi connectivity index (χ1v) is 11.4. The van der Waals surface area contributed by atoms with E-state index in [1.165, 1.54) is 60.9 Å². The van der Waals surface area contributed by atoms with Gasteiger partial charge in [-0.25, -0.2) is 0 Å². The molecule has 0 saturated carbocycles. The number of nitrogens with zero attached hydrogens (tertiary/aromatic N) is 1. The molecule has 2 heterocycles. The van der Waals surface area contributed by atoms with Gasteiger partial charge in [-0.05, 0) is 34.4 Å². The third kappa shape index (κ3) is 2.60. The molecule has 1 aliphatic heterocycles. The summed E-state index contributed by atoms with van der Waals surface area (Å²) in [5.41, 5.74) is 11.3. The van der Waals surface area contributed by atoms with Crippen molar-refractivity contribution < 1.29 is 0 Å². The Labute approximate surface area is 192 Å². The van der Waals surface area contributed by atoms with Crippen LogP contribution in [0.3, 0.4) is 0 Å². The number of benzene rings is 5. The van der Waals surface area contributed by atoms with Crippen LogP contribution in [-0.4, -0.2) is 4.57 Å². The van der Waals surface area contributed by atoms with Gasteiger partial charge in [0.05, 0.1) is 16.7 Å². The van der Waals surface area contributed by atoms with E-state index in [-0.39, 0.29) is 0 Å². The largest absolute Gasteiger partial charge is 0.308 e. The van der Waals surface area contributed by atoms with E-state index in [0.29, 0.717) is 0 Å². The lowest BCUT2D eigenvalue weighted by molar-refractivity contribution is 1.17. The van der Waals surface area contributed by atoms with Crippen LogP contribution in [-0.2, 0) is 0 Å². The molecule has 1 aliphatic rings. The molecule has 7 rings (SSSR count). The van der Waals surface area contributed by atoms with Crippen molar-refractivity contribution in [2.75, 3.05) is 0 Å². The Morgan fingerprint density at radius 2 is 0.939 bits per heavy atom. The molecule has 0 bridgehead atoms. The van der Waals surface area contributed by atoms with Crippen molar-refractivity contribution in [3.8, 4) is 5.69 Å². The maximum atomic E-state index is 2.47. The summed E-state index contributed by atoms with van der Waals surface area (Å²) in [7, 11) is 0. The molecule has 0 unspecified atom stereocenters. The fraction of sp³-hybridized carbons (Fsp3) is 0. The van der Waals surface area contributed by atoms with E-state index >= 15 is 0 Å². The van der Waals surface area contributed by atoms with Gasteiger partial charge in [-0.1, -0.05) is 115 Å². The van der Waals surface area contributed by atoms with Gasteiger partial charge in [0.2, 0.25) is 0 Å². The molecular weight excluding hydrogens is 398 g/mol. The molecule has 33 heavy (non-hydrogen) atoms. The smallest absolute Gasteiger partial charge is 0.0620 e. The minimum absolute atomic E-state index is 1.22. The highest BCUT2D eigenvalue weighted by Crippen LogP contribution is 2.47. The lowest BCUT2D eigenvalue weighted by atomic mass is 9.85. The average Bonchev–Trinajstić information content (AvgIpc) is 3.16. The van der Waals surface area contributed by atoms with E-state index in [4.69, 9.17) is 0 Å². The minimum Gasteiger partial charge on any atom is -0.308 e. The zero-order valence-electron chi connectivity index (χ0n) is 18.1. The molecule has 0 amide bonds. The second kappa shape index (κ2) is 7.08. The highest BCUT2D eigenvalue weighted by Gasteiger charge is 2.27. The first-order valence-electron chi connectivity index (χ1n) is 11.4. The zero-order valence-corrected chi connectivity index (χ0v) is 18.1. The molecule has 1 nitrogen and oxygen atoms in total. The fourth-order valence-corrected chi connectivity index (χ4v) is 5.43. The number of para-hydroxylation sites is 3. The Kier molecular flexibility index (Phi) is 3.91. The molecule has 6 aromatic rings. The van der Waals surface area contributed by atoms with Crippen LogP contribution in [0.2, 0.25) is 0 Å². The Hall–Kier alpha value is -4.36. The van der Waals surface area contributed by atoms with Gasteiger partial charge >= 0.3 is 0 Å². The lowest BCUT2D eigenvalue weighted by Gasteiger charge is -2.17. The van der Waals surface area contributed by atoms with Crippen LogP contribution in [0.5, 0.6) is 0 Å². The van der Waals surface area contributed by atoms with E-state index in [2.05, 4.69) is 132 Å². The van der Waals surface area contributed by atoms with Crippen LogP contribution in [0.15, 0.2) is 127 Å². The second-order valence-corrected chi connectivity index (χ2v) is 8.55. The normalized spacial score (nSPS) is 12.7. The van der Waals surface area contributed by atoms with Gasteiger partial charge < -0.3 is 4.57 Å². The molecule has 1 heteroatoms. The number of aromatic nitrogens is 1. The molecule has 0 atom stereocenters. The van der Waals surface area contributed by atoms with Gasteiger partial charge in [0.15, 0.2) is 0 Å². The van der Waals surface area contributed by atoms with Crippen molar-refractivity contribution in [2.24, 2.45) is 0 Å². The molecule has 1 aromatic heterocycles. The van der Waals surface area contributed by atoms with Crippen molar-refractivity contribution in [3.05, 3.63) is 150 Å². The van der Waals surface area contributed by atoms with E-state index in [1.54, 1.807) is 0 Å². The average molecular weight is 420 g/mol. The summed E-state index contributed by atoms with van der Waals surface area (Å²) in [4.78, 5) is 0. The predicted molar refractivity (Wildman–Crippen MR) is 139 cm³/mol. The highest BCUT2D eigenvalue weighted by atomic mass is 15.0. The van der Waals surface area contributed by atoms with Crippen LogP contribution in [0, 0.1) is 0 Å². The zero-order chi connectivity index (χ0) is 21.8. The van der Waals surface area contributed by atoms with Crippen LogP contribution in [0.4, 0.5) is 0 Å². The minimum atomic E-state index is 1.22. The summed E-state index contributed by atoms with van der Waals surface area (Å²) >= 11 is 0. The van der Waals surface area contributed by atoms with Crippen molar-refractivity contribution in [1.29, 1.82) is 0 Å². The van der Waals surface area contributed by atoms with Crippen molar-refractivity contribution in [3.63, 3.8) is 0 Å². The Morgan fingerprint density at radius 1 is 0.394 bits per heavy atom. The molecule has 0 aliphatic carbocycles. The second-order valence-electron chi connectivity index (χ2n) is 8.55. The van der Waals surface area contributed by atoms with E-state index in [1.807, 2.05) is 0 Å². The third-order valence-corrected chi connectivity index (χ3v) is 6.75. The lowest BCUT2D eigenvalue weighted by Crippen LogP contribution is -1.99. The van der Waals surface area contributed by atoms with Crippen LogP contribution in [0.25, 0.3) is 38.6 Å². The highest BCUT2D eigenvalue weighted by molar-refractivity contribution is 6.18. The third-order valence-electron chi connectivity index (χ3n) is 6.75. The van der Waals surface area contributed by atoms with Crippen LogP contribution >= 0.6 is 0 Å². The maximum absolute atomic E-state index is 2.47. The summed E-state index contributed by atoms with van der Waals surface area (Å²) in [5.74, 6) is 0. The summed E-state index contributed by atoms with van der Waals surface area (Å²) in [5, 5.41) is 2.58. The van der Waals surface area contributed by atoms with Crippen molar-refractivity contribution >= 4 is 33.0 Å². The molecular formula is C32H21N. The topological polar surface area (TPSA) is 4.93 Å². The summed E-state index contributed by atoms with van der Waals surface area (Å²) < 4.78 is 2.47. The van der Waals surface area contributed by atoms with Gasteiger partial charge in [-0.2, -0.15) is 0 Å². The van der Waals surface area contributed by atoms with Gasteiger partial charge in [0, 0.05) is 21.9 Å². The number of hydrogen-bond acceptors (Lipinski definition) is 0. The van der Waals surface area contributed by atoms with Gasteiger partial charge in [-0.15, -0.1) is 0 Å². The predicted octanol–water partition coefficient (Wildman–Crippen LogP) is 8.10. The standard InChI is InChI=1S/C32H21N/c1-3-12-22(13-4-1)30-26-17-8-10-21-29(26)33-28-20-9-7-16-24(28)25-18-11-19-27(32(25)33)31(30)23-14-5-2-6-15-23/h1-21H. The monoisotopic (exact) mass is 419 g/mol. The first-order chi connectivity index (χ1) is 16.4.